The van der Waals surface area contributed by atoms with Crippen LogP contribution in [0.15, 0.2) is 34.9 Å². The minimum atomic E-state index is -0.208. The van der Waals surface area contributed by atoms with E-state index in [0.717, 1.165) is 22.7 Å². The first kappa shape index (κ1) is 9.93. The molecule has 3 nitrogen and oxygen atoms in total. The predicted molar refractivity (Wildman–Crippen MR) is 58.4 cm³/mol. The van der Waals surface area contributed by atoms with Crippen molar-refractivity contribution in [3.05, 3.63) is 53.2 Å². The second-order valence-corrected chi connectivity index (χ2v) is 3.68. The highest BCUT2D eigenvalue weighted by Crippen LogP contribution is 2.20. The van der Waals surface area contributed by atoms with E-state index in [1.165, 1.54) is 0 Å². The zero-order valence-corrected chi connectivity index (χ0v) is 8.90. The van der Waals surface area contributed by atoms with Crippen molar-refractivity contribution in [3.63, 3.8) is 0 Å². The van der Waals surface area contributed by atoms with Crippen molar-refractivity contribution in [2.75, 3.05) is 0 Å². The van der Waals surface area contributed by atoms with Crippen LogP contribution in [0.4, 0.5) is 0 Å². The van der Waals surface area contributed by atoms with Gasteiger partial charge < -0.3 is 10.2 Å². The molecule has 78 valence electrons. The molecular formula is C12H14N2O. The molecule has 0 saturated carbocycles. The second kappa shape index (κ2) is 3.87. The van der Waals surface area contributed by atoms with E-state index < -0.39 is 0 Å². The van der Waals surface area contributed by atoms with E-state index >= 15 is 0 Å². The Morgan fingerprint density at radius 3 is 2.47 bits per heavy atom. The average molecular weight is 202 g/mol. The molecule has 0 aliphatic heterocycles. The Labute approximate surface area is 88.9 Å². The summed E-state index contributed by atoms with van der Waals surface area (Å²) < 4.78 is 5.28. The van der Waals surface area contributed by atoms with E-state index in [1.54, 1.807) is 6.26 Å². The normalized spacial score (nSPS) is 12.7. The zero-order valence-electron chi connectivity index (χ0n) is 8.90. The highest BCUT2D eigenvalue weighted by Gasteiger charge is 2.12. The van der Waals surface area contributed by atoms with Gasteiger partial charge in [0, 0.05) is 11.4 Å². The van der Waals surface area contributed by atoms with E-state index in [0.29, 0.717) is 0 Å². The molecule has 0 saturated heterocycles. The lowest BCUT2D eigenvalue weighted by molar-refractivity contribution is 0.489. The number of nitrogens with zero attached hydrogens (tertiary/aromatic N) is 1. The molecule has 1 unspecified atom stereocenters. The highest BCUT2D eigenvalue weighted by molar-refractivity contribution is 5.28. The fraction of sp³-hybridized carbons (Fsp3) is 0.250. The van der Waals surface area contributed by atoms with Crippen molar-refractivity contribution in [1.29, 1.82) is 0 Å². The van der Waals surface area contributed by atoms with Gasteiger partial charge in [-0.3, -0.25) is 4.98 Å². The smallest absolute Gasteiger partial charge is 0.124 e. The van der Waals surface area contributed by atoms with Crippen molar-refractivity contribution >= 4 is 0 Å². The van der Waals surface area contributed by atoms with Gasteiger partial charge in [-0.25, -0.2) is 0 Å². The van der Waals surface area contributed by atoms with E-state index in [-0.39, 0.29) is 6.04 Å². The second-order valence-electron chi connectivity index (χ2n) is 3.68. The topological polar surface area (TPSA) is 52.0 Å². The lowest BCUT2D eigenvalue weighted by Crippen LogP contribution is -2.11. The van der Waals surface area contributed by atoms with Gasteiger partial charge in [0.25, 0.3) is 0 Å². The standard InChI is InChI=1S/C12H14N2O/c1-8-6-10(7-9(2)14-8)12(13)11-4-3-5-15-11/h3-7,12H,13H2,1-2H3. The minimum Gasteiger partial charge on any atom is -0.467 e. The van der Waals surface area contributed by atoms with Gasteiger partial charge in [-0.15, -0.1) is 0 Å². The van der Waals surface area contributed by atoms with E-state index in [2.05, 4.69) is 4.98 Å². The van der Waals surface area contributed by atoms with Crippen molar-refractivity contribution < 1.29 is 4.42 Å². The number of hydrogen-bond acceptors (Lipinski definition) is 3. The molecule has 2 heterocycles. The van der Waals surface area contributed by atoms with Crippen LogP contribution < -0.4 is 5.73 Å². The number of aromatic nitrogens is 1. The quantitative estimate of drug-likeness (QED) is 0.813. The fourth-order valence-corrected chi connectivity index (χ4v) is 1.68. The molecule has 0 radical (unpaired) electrons. The Hall–Kier alpha value is -1.61. The molecule has 0 aromatic carbocycles. The van der Waals surface area contributed by atoms with Crippen molar-refractivity contribution in [2.24, 2.45) is 5.73 Å². The molecule has 2 aromatic rings. The van der Waals surface area contributed by atoms with E-state index in [4.69, 9.17) is 10.2 Å². The number of rotatable bonds is 2. The highest BCUT2D eigenvalue weighted by atomic mass is 16.3. The summed E-state index contributed by atoms with van der Waals surface area (Å²) in [5, 5.41) is 0. The van der Waals surface area contributed by atoms with Crippen LogP contribution in [0, 0.1) is 13.8 Å². The van der Waals surface area contributed by atoms with Gasteiger partial charge in [0.2, 0.25) is 0 Å². The van der Waals surface area contributed by atoms with Crippen LogP contribution >= 0.6 is 0 Å². The molecule has 15 heavy (non-hydrogen) atoms. The van der Waals surface area contributed by atoms with E-state index in [1.807, 2.05) is 38.1 Å². The molecule has 3 heteroatoms. The Morgan fingerprint density at radius 2 is 1.93 bits per heavy atom. The van der Waals surface area contributed by atoms with Crippen molar-refractivity contribution in [3.8, 4) is 0 Å². The Kier molecular flexibility index (Phi) is 2.56. The van der Waals surface area contributed by atoms with Crippen LogP contribution in [0.25, 0.3) is 0 Å². The fourth-order valence-electron chi connectivity index (χ4n) is 1.68. The maximum atomic E-state index is 6.08. The van der Waals surface area contributed by atoms with Crippen molar-refractivity contribution in [2.45, 2.75) is 19.9 Å². The summed E-state index contributed by atoms with van der Waals surface area (Å²) >= 11 is 0. The molecule has 0 spiro atoms. The van der Waals surface area contributed by atoms with Gasteiger partial charge in [-0.05, 0) is 43.7 Å². The first-order valence-electron chi connectivity index (χ1n) is 4.91. The van der Waals surface area contributed by atoms with Crippen molar-refractivity contribution in [1.82, 2.24) is 4.98 Å². The van der Waals surface area contributed by atoms with Crippen LogP contribution in [-0.4, -0.2) is 4.98 Å². The lowest BCUT2D eigenvalue weighted by atomic mass is 10.0. The van der Waals surface area contributed by atoms with Gasteiger partial charge >= 0.3 is 0 Å². The number of pyridine rings is 1. The number of aryl methyl sites for hydroxylation is 2. The Morgan fingerprint density at radius 1 is 1.27 bits per heavy atom. The lowest BCUT2D eigenvalue weighted by Gasteiger charge is -2.10. The van der Waals surface area contributed by atoms with Crippen LogP contribution in [-0.2, 0) is 0 Å². The van der Waals surface area contributed by atoms with E-state index in [9.17, 15) is 0 Å². The van der Waals surface area contributed by atoms with Crippen LogP contribution in [0.5, 0.6) is 0 Å². The molecule has 0 bridgehead atoms. The molecule has 2 aromatic heterocycles. The summed E-state index contributed by atoms with van der Waals surface area (Å²) in [6.07, 6.45) is 1.64. The third-order valence-corrected chi connectivity index (χ3v) is 2.31. The largest absolute Gasteiger partial charge is 0.467 e. The van der Waals surface area contributed by atoms with Gasteiger partial charge in [-0.1, -0.05) is 0 Å². The van der Waals surface area contributed by atoms with Gasteiger partial charge in [0.1, 0.15) is 5.76 Å². The molecule has 0 aliphatic rings. The number of nitrogens with two attached hydrogens (primary N) is 1. The van der Waals surface area contributed by atoms with Gasteiger partial charge in [0.05, 0.1) is 12.3 Å². The molecule has 1 atom stereocenters. The maximum Gasteiger partial charge on any atom is 0.124 e. The summed E-state index contributed by atoms with van der Waals surface area (Å²) in [4.78, 5) is 4.31. The molecule has 0 fully saturated rings. The molecule has 2 rings (SSSR count). The molecule has 0 aliphatic carbocycles. The third-order valence-electron chi connectivity index (χ3n) is 2.31. The first-order chi connectivity index (χ1) is 7.16. The van der Waals surface area contributed by atoms with Gasteiger partial charge in [-0.2, -0.15) is 0 Å². The number of hydrogen-bond donors (Lipinski definition) is 1. The van der Waals surface area contributed by atoms with Crippen LogP contribution in [0.2, 0.25) is 0 Å². The maximum absolute atomic E-state index is 6.08. The zero-order chi connectivity index (χ0) is 10.8. The summed E-state index contributed by atoms with van der Waals surface area (Å²) in [6, 6.07) is 7.49. The molecule has 0 amide bonds. The molecule has 2 N–H and O–H groups in total. The number of furan rings is 1. The predicted octanol–water partition coefficient (Wildman–Crippen LogP) is 2.34. The van der Waals surface area contributed by atoms with Gasteiger partial charge in [0.15, 0.2) is 0 Å². The van der Waals surface area contributed by atoms with Crippen LogP contribution in [0.1, 0.15) is 28.8 Å². The van der Waals surface area contributed by atoms with Crippen LogP contribution in [0.3, 0.4) is 0 Å². The summed E-state index contributed by atoms with van der Waals surface area (Å²) in [6.45, 7) is 3.93. The Bertz CT molecular complexity index is 428. The minimum absolute atomic E-state index is 0.208. The summed E-state index contributed by atoms with van der Waals surface area (Å²) in [7, 11) is 0. The summed E-state index contributed by atoms with van der Waals surface area (Å²) in [5.41, 5.74) is 9.07. The SMILES string of the molecule is Cc1cc(C(N)c2ccco2)cc(C)n1. The third kappa shape index (κ3) is 2.07. The summed E-state index contributed by atoms with van der Waals surface area (Å²) in [5.74, 6) is 0.778. The average Bonchev–Trinajstić information content (AvgIpc) is 2.67. The molecular weight excluding hydrogens is 188 g/mol. The first-order valence-corrected chi connectivity index (χ1v) is 4.91. The Balaban J connectivity index is 2.37. The monoisotopic (exact) mass is 202 g/mol.